The maximum atomic E-state index is 12.9. The van der Waals surface area contributed by atoms with Crippen molar-refractivity contribution in [2.45, 2.75) is 9.79 Å². The lowest BCUT2D eigenvalue weighted by atomic mass is 10.2. The van der Waals surface area contributed by atoms with Crippen molar-refractivity contribution in [3.8, 4) is 0 Å². The number of hydrogen-bond acceptors (Lipinski definition) is 3. The summed E-state index contributed by atoms with van der Waals surface area (Å²) in [6.45, 7) is 0. The second-order valence-electron chi connectivity index (χ2n) is 4.14. The first-order chi connectivity index (χ1) is 9.22. The van der Waals surface area contributed by atoms with Crippen LogP contribution in [-0.2, 0) is 0 Å². The molecule has 0 atom stereocenters. The third-order valence-corrected chi connectivity index (χ3v) is 3.85. The van der Waals surface area contributed by atoms with Gasteiger partial charge in [-0.2, -0.15) is 0 Å². The standard InChI is InChI=1S/C15H11FN2S/c16-10-1-4-12(5-2-10)19-15-7-8-18-14-9-11(17)3-6-13(14)15/h1-9H,17H2. The molecule has 0 fully saturated rings. The fourth-order valence-electron chi connectivity index (χ4n) is 1.86. The minimum atomic E-state index is -0.225. The van der Waals surface area contributed by atoms with E-state index in [1.807, 2.05) is 24.3 Å². The molecule has 19 heavy (non-hydrogen) atoms. The molecule has 0 saturated heterocycles. The fourth-order valence-corrected chi connectivity index (χ4v) is 2.80. The SMILES string of the molecule is Nc1ccc2c(Sc3ccc(F)cc3)ccnc2c1. The Morgan fingerprint density at radius 1 is 1.00 bits per heavy atom. The van der Waals surface area contributed by atoms with E-state index in [-0.39, 0.29) is 5.82 Å². The van der Waals surface area contributed by atoms with Crippen molar-refractivity contribution in [1.29, 1.82) is 0 Å². The Kier molecular flexibility index (Phi) is 3.09. The van der Waals surface area contributed by atoms with Crippen molar-refractivity contribution < 1.29 is 4.39 Å². The van der Waals surface area contributed by atoms with E-state index in [9.17, 15) is 4.39 Å². The van der Waals surface area contributed by atoms with E-state index >= 15 is 0 Å². The molecular weight excluding hydrogens is 259 g/mol. The zero-order chi connectivity index (χ0) is 13.2. The Hall–Kier alpha value is -2.07. The number of rotatable bonds is 2. The molecule has 2 aromatic carbocycles. The van der Waals surface area contributed by atoms with Gasteiger partial charge >= 0.3 is 0 Å². The van der Waals surface area contributed by atoms with Gasteiger partial charge in [0.15, 0.2) is 0 Å². The Morgan fingerprint density at radius 2 is 1.79 bits per heavy atom. The summed E-state index contributed by atoms with van der Waals surface area (Å²) in [5.41, 5.74) is 7.32. The molecule has 0 spiro atoms. The molecule has 94 valence electrons. The molecule has 3 rings (SSSR count). The largest absolute Gasteiger partial charge is 0.399 e. The molecule has 0 amide bonds. The quantitative estimate of drug-likeness (QED) is 0.712. The van der Waals surface area contributed by atoms with E-state index in [2.05, 4.69) is 4.98 Å². The van der Waals surface area contributed by atoms with Crippen LogP contribution >= 0.6 is 11.8 Å². The number of nitrogen functional groups attached to an aromatic ring is 1. The highest BCUT2D eigenvalue weighted by molar-refractivity contribution is 7.99. The number of benzene rings is 2. The zero-order valence-electron chi connectivity index (χ0n) is 10.0. The van der Waals surface area contributed by atoms with E-state index in [1.165, 1.54) is 12.1 Å². The molecule has 0 aliphatic carbocycles. The summed E-state index contributed by atoms with van der Waals surface area (Å²) in [4.78, 5) is 6.38. The molecule has 0 aliphatic heterocycles. The van der Waals surface area contributed by atoms with Crippen LogP contribution < -0.4 is 5.73 Å². The number of anilines is 1. The lowest BCUT2D eigenvalue weighted by Gasteiger charge is -2.06. The van der Waals surface area contributed by atoms with Gasteiger partial charge in [0.1, 0.15) is 5.82 Å². The summed E-state index contributed by atoms with van der Waals surface area (Å²) in [5, 5.41) is 1.05. The van der Waals surface area contributed by atoms with Gasteiger partial charge in [-0.25, -0.2) is 4.39 Å². The van der Waals surface area contributed by atoms with Gasteiger partial charge in [-0.3, -0.25) is 4.98 Å². The van der Waals surface area contributed by atoms with Crippen LogP contribution in [0.15, 0.2) is 64.5 Å². The summed E-state index contributed by atoms with van der Waals surface area (Å²) in [7, 11) is 0. The third kappa shape index (κ3) is 2.53. The van der Waals surface area contributed by atoms with Crippen molar-refractivity contribution in [2.75, 3.05) is 5.73 Å². The van der Waals surface area contributed by atoms with Gasteiger partial charge < -0.3 is 5.73 Å². The number of pyridine rings is 1. The first kappa shape index (κ1) is 12.0. The monoisotopic (exact) mass is 270 g/mol. The average molecular weight is 270 g/mol. The molecule has 2 nitrogen and oxygen atoms in total. The molecule has 3 aromatic rings. The minimum Gasteiger partial charge on any atom is -0.399 e. The van der Waals surface area contributed by atoms with Crippen molar-refractivity contribution in [1.82, 2.24) is 4.98 Å². The topological polar surface area (TPSA) is 38.9 Å². The van der Waals surface area contributed by atoms with Crippen LogP contribution in [0.5, 0.6) is 0 Å². The van der Waals surface area contributed by atoms with E-state index in [4.69, 9.17) is 5.73 Å². The van der Waals surface area contributed by atoms with Crippen LogP contribution in [0.2, 0.25) is 0 Å². The molecule has 0 aliphatic rings. The Morgan fingerprint density at radius 3 is 2.58 bits per heavy atom. The van der Waals surface area contributed by atoms with Crippen LogP contribution in [0.3, 0.4) is 0 Å². The predicted molar refractivity (Wildman–Crippen MR) is 76.7 cm³/mol. The molecule has 1 aromatic heterocycles. The summed E-state index contributed by atoms with van der Waals surface area (Å²) in [6.07, 6.45) is 1.76. The summed E-state index contributed by atoms with van der Waals surface area (Å²) in [5.74, 6) is -0.225. The van der Waals surface area contributed by atoms with Crippen molar-refractivity contribution in [3.63, 3.8) is 0 Å². The van der Waals surface area contributed by atoms with Crippen LogP contribution in [0.4, 0.5) is 10.1 Å². The second-order valence-corrected chi connectivity index (χ2v) is 5.26. The van der Waals surface area contributed by atoms with Crippen LogP contribution in [-0.4, -0.2) is 4.98 Å². The molecule has 2 N–H and O–H groups in total. The number of hydrogen-bond donors (Lipinski definition) is 1. The Labute approximate surface area is 114 Å². The summed E-state index contributed by atoms with van der Waals surface area (Å²) >= 11 is 1.58. The van der Waals surface area contributed by atoms with Gasteiger partial charge in [-0.15, -0.1) is 0 Å². The molecule has 0 bridgehead atoms. The summed E-state index contributed by atoms with van der Waals surface area (Å²) in [6, 6.07) is 14.1. The first-order valence-electron chi connectivity index (χ1n) is 5.80. The molecule has 0 radical (unpaired) electrons. The average Bonchev–Trinajstić information content (AvgIpc) is 2.41. The lowest BCUT2D eigenvalue weighted by molar-refractivity contribution is 0.626. The number of halogens is 1. The van der Waals surface area contributed by atoms with Crippen LogP contribution in [0.25, 0.3) is 10.9 Å². The molecule has 0 saturated carbocycles. The number of nitrogens with zero attached hydrogens (tertiary/aromatic N) is 1. The van der Waals surface area contributed by atoms with Crippen LogP contribution in [0, 0.1) is 5.82 Å². The van der Waals surface area contributed by atoms with Crippen molar-refractivity contribution >= 4 is 28.4 Å². The highest BCUT2D eigenvalue weighted by Gasteiger charge is 2.04. The molecule has 4 heteroatoms. The summed E-state index contributed by atoms with van der Waals surface area (Å²) < 4.78 is 12.9. The number of nitrogens with two attached hydrogens (primary N) is 1. The normalized spacial score (nSPS) is 10.8. The number of aromatic nitrogens is 1. The third-order valence-electron chi connectivity index (χ3n) is 2.77. The van der Waals surface area contributed by atoms with E-state index in [1.54, 1.807) is 30.1 Å². The van der Waals surface area contributed by atoms with Gasteiger partial charge in [0.2, 0.25) is 0 Å². The first-order valence-corrected chi connectivity index (χ1v) is 6.62. The van der Waals surface area contributed by atoms with Gasteiger partial charge in [0.25, 0.3) is 0 Å². The Balaban J connectivity index is 2.03. The maximum Gasteiger partial charge on any atom is 0.123 e. The molecule has 1 heterocycles. The maximum absolute atomic E-state index is 12.9. The second kappa shape index (κ2) is 4.90. The van der Waals surface area contributed by atoms with Crippen LogP contribution in [0.1, 0.15) is 0 Å². The predicted octanol–water partition coefficient (Wildman–Crippen LogP) is 4.11. The zero-order valence-corrected chi connectivity index (χ0v) is 10.8. The van der Waals surface area contributed by atoms with Gasteiger partial charge in [0.05, 0.1) is 5.52 Å². The molecule has 0 unspecified atom stereocenters. The van der Waals surface area contributed by atoms with Crippen molar-refractivity contribution in [2.24, 2.45) is 0 Å². The Bertz CT molecular complexity index is 726. The highest BCUT2D eigenvalue weighted by Crippen LogP contribution is 2.33. The van der Waals surface area contributed by atoms with Gasteiger partial charge in [-0.05, 0) is 48.5 Å². The highest BCUT2D eigenvalue weighted by atomic mass is 32.2. The number of fused-ring (bicyclic) bond motifs is 1. The van der Waals surface area contributed by atoms with E-state index in [0.717, 1.165) is 20.7 Å². The van der Waals surface area contributed by atoms with Crippen molar-refractivity contribution in [3.05, 3.63) is 60.5 Å². The van der Waals surface area contributed by atoms with E-state index < -0.39 is 0 Å². The lowest BCUT2D eigenvalue weighted by Crippen LogP contribution is -1.87. The smallest absolute Gasteiger partial charge is 0.123 e. The minimum absolute atomic E-state index is 0.225. The van der Waals surface area contributed by atoms with Gasteiger partial charge in [0, 0.05) is 27.1 Å². The molecular formula is C15H11FN2S. The van der Waals surface area contributed by atoms with E-state index in [0.29, 0.717) is 5.69 Å². The van der Waals surface area contributed by atoms with Gasteiger partial charge in [-0.1, -0.05) is 11.8 Å². The fraction of sp³-hybridized carbons (Fsp3) is 0.